The van der Waals surface area contributed by atoms with Crippen LogP contribution in [0.4, 0.5) is 4.39 Å². The van der Waals surface area contributed by atoms with E-state index in [9.17, 15) is 14.0 Å². The Morgan fingerprint density at radius 3 is 2.85 bits per heavy atom. The lowest BCUT2D eigenvalue weighted by Crippen LogP contribution is -2.47. The average molecular weight is 373 g/mol. The lowest BCUT2D eigenvalue weighted by atomic mass is 10.1. The summed E-state index contributed by atoms with van der Waals surface area (Å²) in [5.74, 6) is -0.262. The number of pyridine rings is 1. The fraction of sp³-hybridized carbons (Fsp3) is 0.316. The summed E-state index contributed by atoms with van der Waals surface area (Å²) in [4.78, 5) is 30.5. The lowest BCUT2D eigenvalue weighted by Gasteiger charge is -2.28. The maximum absolute atomic E-state index is 13.5. The number of hydrogen-bond donors (Lipinski definition) is 1. The summed E-state index contributed by atoms with van der Waals surface area (Å²) in [6.07, 6.45) is 2.34. The average Bonchev–Trinajstić information content (AvgIpc) is 3.08. The second-order valence-electron chi connectivity index (χ2n) is 6.04. The highest BCUT2D eigenvalue weighted by Gasteiger charge is 2.40. The Bertz CT molecular complexity index is 787. The SMILES string of the molecule is CC(=O)N1C(C(=O)NCCc2ccccn2)CSC1c1cccc(F)c1. The summed E-state index contributed by atoms with van der Waals surface area (Å²) in [6, 6.07) is 11.3. The minimum Gasteiger partial charge on any atom is -0.354 e. The first-order valence-electron chi connectivity index (χ1n) is 8.40. The van der Waals surface area contributed by atoms with E-state index in [1.54, 1.807) is 18.3 Å². The molecule has 5 nitrogen and oxygen atoms in total. The molecule has 26 heavy (non-hydrogen) atoms. The van der Waals surface area contributed by atoms with Gasteiger partial charge in [0.05, 0.1) is 0 Å². The zero-order valence-corrected chi connectivity index (χ0v) is 15.2. The Balaban J connectivity index is 1.65. The lowest BCUT2D eigenvalue weighted by molar-refractivity contribution is -0.138. The third-order valence-corrected chi connectivity index (χ3v) is 5.53. The summed E-state index contributed by atoms with van der Waals surface area (Å²) in [5.41, 5.74) is 1.59. The minimum absolute atomic E-state index is 0.192. The topological polar surface area (TPSA) is 62.3 Å². The van der Waals surface area contributed by atoms with Gasteiger partial charge in [-0.25, -0.2) is 4.39 Å². The molecule has 2 unspecified atom stereocenters. The van der Waals surface area contributed by atoms with E-state index in [1.807, 2.05) is 18.2 Å². The van der Waals surface area contributed by atoms with Crippen molar-refractivity contribution in [1.29, 1.82) is 0 Å². The molecular weight excluding hydrogens is 353 g/mol. The highest BCUT2D eigenvalue weighted by Crippen LogP contribution is 2.41. The molecule has 0 radical (unpaired) electrons. The van der Waals surface area contributed by atoms with Gasteiger partial charge in [0, 0.05) is 37.5 Å². The molecule has 2 atom stereocenters. The Morgan fingerprint density at radius 1 is 1.31 bits per heavy atom. The summed E-state index contributed by atoms with van der Waals surface area (Å²) in [6.45, 7) is 1.89. The van der Waals surface area contributed by atoms with Gasteiger partial charge in [-0.1, -0.05) is 18.2 Å². The number of rotatable bonds is 5. The van der Waals surface area contributed by atoms with E-state index >= 15 is 0 Å². The van der Waals surface area contributed by atoms with Crippen LogP contribution in [0.2, 0.25) is 0 Å². The van der Waals surface area contributed by atoms with Crippen LogP contribution in [-0.2, 0) is 16.0 Å². The smallest absolute Gasteiger partial charge is 0.243 e. The van der Waals surface area contributed by atoms with Crippen molar-refractivity contribution in [3.8, 4) is 0 Å². The fourth-order valence-corrected chi connectivity index (χ4v) is 4.46. The quantitative estimate of drug-likeness (QED) is 0.875. The molecule has 1 N–H and O–H groups in total. The van der Waals surface area contributed by atoms with Gasteiger partial charge < -0.3 is 10.2 Å². The number of benzene rings is 1. The molecule has 1 aliphatic rings. The van der Waals surface area contributed by atoms with Crippen LogP contribution in [0, 0.1) is 5.82 Å². The summed E-state index contributed by atoms with van der Waals surface area (Å²) < 4.78 is 13.5. The van der Waals surface area contributed by atoms with Crippen molar-refractivity contribution in [2.45, 2.75) is 24.8 Å². The molecule has 3 rings (SSSR count). The van der Waals surface area contributed by atoms with E-state index in [2.05, 4.69) is 10.3 Å². The molecule has 7 heteroatoms. The van der Waals surface area contributed by atoms with Crippen molar-refractivity contribution in [3.63, 3.8) is 0 Å². The molecule has 1 saturated heterocycles. The zero-order valence-electron chi connectivity index (χ0n) is 14.4. The normalized spacial score (nSPS) is 19.4. The van der Waals surface area contributed by atoms with Crippen LogP contribution < -0.4 is 5.32 Å². The van der Waals surface area contributed by atoms with Crippen LogP contribution in [-0.4, -0.2) is 40.0 Å². The van der Waals surface area contributed by atoms with Gasteiger partial charge in [-0.05, 0) is 29.8 Å². The fourth-order valence-electron chi connectivity index (χ4n) is 2.99. The maximum Gasteiger partial charge on any atom is 0.243 e. The van der Waals surface area contributed by atoms with Crippen molar-refractivity contribution in [2.24, 2.45) is 0 Å². The van der Waals surface area contributed by atoms with Crippen LogP contribution in [0.3, 0.4) is 0 Å². The van der Waals surface area contributed by atoms with Crippen LogP contribution in [0.15, 0.2) is 48.7 Å². The number of amides is 2. The molecule has 1 fully saturated rings. The van der Waals surface area contributed by atoms with Crippen LogP contribution in [0.1, 0.15) is 23.6 Å². The van der Waals surface area contributed by atoms with Crippen molar-refractivity contribution >= 4 is 23.6 Å². The van der Waals surface area contributed by atoms with E-state index in [1.165, 1.54) is 35.7 Å². The molecule has 2 aromatic rings. The molecule has 1 aromatic heterocycles. The van der Waals surface area contributed by atoms with E-state index < -0.39 is 6.04 Å². The number of aromatic nitrogens is 1. The predicted molar refractivity (Wildman–Crippen MR) is 98.9 cm³/mol. The van der Waals surface area contributed by atoms with Gasteiger partial charge in [0.15, 0.2) is 0 Å². The van der Waals surface area contributed by atoms with Gasteiger partial charge in [-0.15, -0.1) is 11.8 Å². The standard InChI is InChI=1S/C19H20FN3O2S/c1-13(24)23-17(12-26-19(23)14-5-4-6-15(20)11-14)18(25)22-10-8-16-7-2-3-9-21-16/h2-7,9,11,17,19H,8,10,12H2,1H3,(H,22,25). The van der Waals surface area contributed by atoms with Crippen molar-refractivity contribution < 1.29 is 14.0 Å². The first kappa shape index (κ1) is 18.4. The largest absolute Gasteiger partial charge is 0.354 e. The second-order valence-corrected chi connectivity index (χ2v) is 7.16. The molecule has 2 amide bonds. The number of carbonyl (C=O) groups excluding carboxylic acids is 2. The Labute approximate surface area is 156 Å². The van der Waals surface area contributed by atoms with Gasteiger partial charge in [0.1, 0.15) is 17.2 Å². The highest BCUT2D eigenvalue weighted by atomic mass is 32.2. The highest BCUT2D eigenvalue weighted by molar-refractivity contribution is 7.99. The number of nitrogens with zero attached hydrogens (tertiary/aromatic N) is 2. The number of thioether (sulfide) groups is 1. The molecular formula is C19H20FN3O2S. The number of carbonyl (C=O) groups is 2. The second kappa shape index (κ2) is 8.31. The van der Waals surface area contributed by atoms with Gasteiger partial charge in [0.25, 0.3) is 0 Å². The molecule has 0 spiro atoms. The summed E-state index contributed by atoms with van der Waals surface area (Å²) in [5, 5.41) is 2.53. The van der Waals surface area contributed by atoms with Crippen molar-refractivity contribution in [3.05, 3.63) is 65.7 Å². The zero-order chi connectivity index (χ0) is 18.5. The number of halogens is 1. The van der Waals surface area contributed by atoms with Crippen LogP contribution in [0.25, 0.3) is 0 Å². The third kappa shape index (κ3) is 4.22. The third-order valence-electron chi connectivity index (χ3n) is 4.21. The monoisotopic (exact) mass is 373 g/mol. The molecule has 0 saturated carbocycles. The predicted octanol–water partition coefficient (Wildman–Crippen LogP) is 2.54. The molecule has 1 aliphatic heterocycles. The van der Waals surface area contributed by atoms with Gasteiger partial charge >= 0.3 is 0 Å². The van der Waals surface area contributed by atoms with E-state index in [-0.39, 0.29) is 23.0 Å². The number of hydrogen-bond acceptors (Lipinski definition) is 4. The maximum atomic E-state index is 13.5. The Morgan fingerprint density at radius 2 is 2.15 bits per heavy atom. The Kier molecular flexibility index (Phi) is 5.88. The first-order chi connectivity index (χ1) is 12.6. The molecule has 136 valence electrons. The van der Waals surface area contributed by atoms with E-state index in [0.717, 1.165) is 5.69 Å². The number of nitrogens with one attached hydrogen (secondary N) is 1. The first-order valence-corrected chi connectivity index (χ1v) is 9.44. The van der Waals surface area contributed by atoms with Gasteiger partial charge in [-0.3, -0.25) is 14.6 Å². The van der Waals surface area contributed by atoms with Crippen LogP contribution >= 0.6 is 11.8 Å². The van der Waals surface area contributed by atoms with Crippen molar-refractivity contribution in [1.82, 2.24) is 15.2 Å². The van der Waals surface area contributed by atoms with Gasteiger partial charge in [-0.2, -0.15) is 0 Å². The van der Waals surface area contributed by atoms with E-state index in [4.69, 9.17) is 0 Å². The Hall–Kier alpha value is -2.41. The van der Waals surface area contributed by atoms with Gasteiger partial charge in [0.2, 0.25) is 11.8 Å². The minimum atomic E-state index is -0.561. The molecule has 1 aromatic carbocycles. The summed E-state index contributed by atoms with van der Waals surface area (Å²) in [7, 11) is 0. The van der Waals surface area contributed by atoms with E-state index in [0.29, 0.717) is 24.3 Å². The van der Waals surface area contributed by atoms with Crippen LogP contribution in [0.5, 0.6) is 0 Å². The van der Waals surface area contributed by atoms with Crippen molar-refractivity contribution in [2.75, 3.05) is 12.3 Å². The molecule has 0 aliphatic carbocycles. The summed E-state index contributed by atoms with van der Waals surface area (Å²) >= 11 is 1.47. The molecule has 0 bridgehead atoms. The molecule has 2 heterocycles.